The topological polar surface area (TPSA) is 32.3 Å². The summed E-state index contributed by atoms with van der Waals surface area (Å²) in [6, 6.07) is 13.7. The molecule has 0 unspecified atom stereocenters. The monoisotopic (exact) mass is 348 g/mol. The van der Waals surface area contributed by atoms with Crippen LogP contribution in [0.1, 0.15) is 17.5 Å². The van der Waals surface area contributed by atoms with Crippen molar-refractivity contribution in [2.45, 2.75) is 19.4 Å². The van der Waals surface area contributed by atoms with Crippen LogP contribution in [-0.2, 0) is 17.8 Å². The van der Waals surface area contributed by atoms with Gasteiger partial charge in [0.15, 0.2) is 0 Å². The van der Waals surface area contributed by atoms with Crippen molar-refractivity contribution in [3.05, 3.63) is 63.6 Å². The van der Waals surface area contributed by atoms with Crippen LogP contribution in [0.3, 0.4) is 0 Å². The quantitative estimate of drug-likeness (QED) is 0.888. The van der Waals surface area contributed by atoms with E-state index in [-0.39, 0.29) is 5.91 Å². The van der Waals surface area contributed by atoms with Crippen LogP contribution in [0.4, 0.5) is 5.69 Å². The van der Waals surface area contributed by atoms with Crippen molar-refractivity contribution in [2.24, 2.45) is 0 Å². The number of carbonyl (C=O) groups is 1. The number of halogens is 2. The zero-order chi connectivity index (χ0) is 16.2. The number of hydrogen-bond acceptors (Lipinski definition) is 2. The molecule has 1 N–H and O–H groups in total. The first-order valence-corrected chi connectivity index (χ1v) is 8.42. The van der Waals surface area contributed by atoms with E-state index in [1.165, 1.54) is 11.1 Å². The molecule has 0 bridgehead atoms. The molecule has 1 aliphatic heterocycles. The minimum absolute atomic E-state index is 0.0705. The van der Waals surface area contributed by atoms with E-state index in [0.717, 1.165) is 26.1 Å². The van der Waals surface area contributed by atoms with Crippen molar-refractivity contribution in [3.8, 4) is 0 Å². The van der Waals surface area contributed by atoms with Gasteiger partial charge in [-0.1, -0.05) is 53.5 Å². The predicted molar refractivity (Wildman–Crippen MR) is 95.1 cm³/mol. The lowest BCUT2D eigenvalue weighted by Gasteiger charge is -2.28. The largest absolute Gasteiger partial charge is 0.324 e. The summed E-state index contributed by atoms with van der Waals surface area (Å²) >= 11 is 12.1. The molecule has 0 saturated heterocycles. The van der Waals surface area contributed by atoms with Crippen molar-refractivity contribution in [1.82, 2.24) is 4.90 Å². The van der Waals surface area contributed by atoms with Gasteiger partial charge in [-0.05, 0) is 29.7 Å². The predicted octanol–water partition coefficient (Wildman–Crippen LogP) is 4.38. The molecule has 1 heterocycles. The maximum absolute atomic E-state index is 12.2. The van der Waals surface area contributed by atoms with Crippen LogP contribution < -0.4 is 5.32 Å². The Bertz CT molecular complexity index is 698. The summed E-state index contributed by atoms with van der Waals surface area (Å²) in [6.45, 7) is 2.61. The maximum Gasteiger partial charge on any atom is 0.225 e. The van der Waals surface area contributed by atoms with Gasteiger partial charge >= 0.3 is 0 Å². The lowest BCUT2D eigenvalue weighted by atomic mass is 10.00. The van der Waals surface area contributed by atoms with E-state index in [1.54, 1.807) is 18.2 Å². The van der Waals surface area contributed by atoms with Crippen LogP contribution in [0.5, 0.6) is 0 Å². The van der Waals surface area contributed by atoms with Gasteiger partial charge in [-0.3, -0.25) is 9.69 Å². The first-order valence-electron chi connectivity index (χ1n) is 7.66. The highest BCUT2D eigenvalue weighted by molar-refractivity contribution is 6.39. The molecule has 5 heteroatoms. The van der Waals surface area contributed by atoms with E-state index < -0.39 is 0 Å². The van der Waals surface area contributed by atoms with Crippen LogP contribution in [0.15, 0.2) is 42.5 Å². The van der Waals surface area contributed by atoms with Crippen LogP contribution >= 0.6 is 23.2 Å². The minimum Gasteiger partial charge on any atom is -0.324 e. The van der Waals surface area contributed by atoms with Crippen LogP contribution in [0.2, 0.25) is 10.0 Å². The van der Waals surface area contributed by atoms with Gasteiger partial charge in [0.05, 0.1) is 15.7 Å². The van der Waals surface area contributed by atoms with E-state index in [4.69, 9.17) is 23.2 Å². The number of nitrogens with one attached hydrogen (secondary N) is 1. The summed E-state index contributed by atoms with van der Waals surface area (Å²) in [5.74, 6) is -0.0705. The number of amides is 1. The Morgan fingerprint density at radius 3 is 2.48 bits per heavy atom. The number of hydrogen-bond donors (Lipinski definition) is 1. The summed E-state index contributed by atoms with van der Waals surface area (Å²) in [5.41, 5.74) is 3.26. The number of carbonyl (C=O) groups excluding carboxylic acids is 1. The third-order valence-corrected chi connectivity index (χ3v) is 4.72. The molecule has 0 saturated carbocycles. The second-order valence-corrected chi connectivity index (χ2v) is 6.50. The van der Waals surface area contributed by atoms with Gasteiger partial charge in [0.1, 0.15) is 0 Å². The van der Waals surface area contributed by atoms with Crippen molar-refractivity contribution >= 4 is 34.8 Å². The molecule has 0 spiro atoms. The molecular weight excluding hydrogens is 331 g/mol. The van der Waals surface area contributed by atoms with Gasteiger partial charge in [-0.25, -0.2) is 0 Å². The van der Waals surface area contributed by atoms with Gasteiger partial charge in [0.25, 0.3) is 0 Å². The van der Waals surface area contributed by atoms with E-state index >= 15 is 0 Å². The Morgan fingerprint density at radius 2 is 1.74 bits per heavy atom. The number of fused-ring (bicyclic) bond motifs is 1. The summed E-state index contributed by atoms with van der Waals surface area (Å²) < 4.78 is 0. The molecule has 0 atom stereocenters. The maximum atomic E-state index is 12.2. The van der Waals surface area contributed by atoms with Crippen molar-refractivity contribution in [1.29, 1.82) is 0 Å². The van der Waals surface area contributed by atoms with Crippen molar-refractivity contribution < 1.29 is 4.79 Å². The molecule has 0 aromatic heterocycles. The van der Waals surface area contributed by atoms with Gasteiger partial charge in [-0.15, -0.1) is 0 Å². The SMILES string of the molecule is O=C(CCN1CCc2ccccc2C1)Nc1c(Cl)cccc1Cl. The number of nitrogens with zero attached hydrogens (tertiary/aromatic N) is 1. The van der Waals surface area contributed by atoms with Crippen LogP contribution in [-0.4, -0.2) is 23.9 Å². The molecule has 0 radical (unpaired) electrons. The van der Waals surface area contributed by atoms with Gasteiger partial charge in [0, 0.05) is 26.1 Å². The molecule has 2 aromatic carbocycles. The number of anilines is 1. The summed E-state index contributed by atoms with van der Waals surface area (Å²) in [5, 5.41) is 3.72. The molecule has 1 aliphatic rings. The van der Waals surface area contributed by atoms with E-state index in [0.29, 0.717) is 22.2 Å². The number of rotatable bonds is 4. The molecule has 23 heavy (non-hydrogen) atoms. The third-order valence-electron chi connectivity index (χ3n) is 4.09. The highest BCUT2D eigenvalue weighted by atomic mass is 35.5. The second kappa shape index (κ2) is 7.35. The first-order chi connectivity index (χ1) is 11.1. The average molecular weight is 349 g/mol. The zero-order valence-corrected chi connectivity index (χ0v) is 14.2. The highest BCUT2D eigenvalue weighted by Crippen LogP contribution is 2.29. The minimum atomic E-state index is -0.0705. The molecule has 3 rings (SSSR count). The molecular formula is C18H18Cl2N2O. The Hall–Kier alpha value is -1.55. The summed E-state index contributed by atoms with van der Waals surface area (Å²) in [7, 11) is 0. The fourth-order valence-electron chi connectivity index (χ4n) is 2.82. The van der Waals surface area contributed by atoms with E-state index in [9.17, 15) is 4.79 Å². The zero-order valence-electron chi connectivity index (χ0n) is 12.7. The average Bonchev–Trinajstić information content (AvgIpc) is 2.56. The van der Waals surface area contributed by atoms with Gasteiger partial charge in [0.2, 0.25) is 5.91 Å². The molecule has 0 fully saturated rings. The number of para-hydroxylation sites is 1. The van der Waals surface area contributed by atoms with Gasteiger partial charge < -0.3 is 5.32 Å². The fraction of sp³-hybridized carbons (Fsp3) is 0.278. The van der Waals surface area contributed by atoms with Crippen LogP contribution in [0.25, 0.3) is 0 Å². The van der Waals surface area contributed by atoms with Gasteiger partial charge in [-0.2, -0.15) is 0 Å². The molecule has 120 valence electrons. The smallest absolute Gasteiger partial charge is 0.225 e. The van der Waals surface area contributed by atoms with Crippen LogP contribution in [0, 0.1) is 0 Å². The third kappa shape index (κ3) is 4.05. The van der Waals surface area contributed by atoms with E-state index in [1.807, 2.05) is 0 Å². The summed E-state index contributed by atoms with van der Waals surface area (Å²) in [6.07, 6.45) is 1.46. The second-order valence-electron chi connectivity index (χ2n) is 5.69. The Labute approximate surface area is 146 Å². The Morgan fingerprint density at radius 1 is 1.04 bits per heavy atom. The normalized spacial score (nSPS) is 14.3. The van der Waals surface area contributed by atoms with Crippen molar-refractivity contribution in [3.63, 3.8) is 0 Å². The number of benzene rings is 2. The molecule has 2 aromatic rings. The molecule has 3 nitrogen and oxygen atoms in total. The summed E-state index contributed by atoms with van der Waals surface area (Å²) in [4.78, 5) is 14.5. The lowest BCUT2D eigenvalue weighted by molar-refractivity contribution is -0.116. The molecule has 1 amide bonds. The first kappa shape index (κ1) is 16.3. The van der Waals surface area contributed by atoms with E-state index in [2.05, 4.69) is 34.5 Å². The lowest BCUT2D eigenvalue weighted by Crippen LogP contribution is -2.33. The Kier molecular flexibility index (Phi) is 5.21. The van der Waals surface area contributed by atoms with Crippen molar-refractivity contribution in [2.75, 3.05) is 18.4 Å². The standard InChI is InChI=1S/C18H18Cl2N2O/c19-15-6-3-7-16(20)18(15)21-17(23)9-11-22-10-8-13-4-1-2-5-14(13)12-22/h1-7H,8-12H2,(H,21,23). The molecule has 0 aliphatic carbocycles. The Balaban J connectivity index is 1.54. The highest BCUT2D eigenvalue weighted by Gasteiger charge is 2.17. The fourth-order valence-corrected chi connectivity index (χ4v) is 3.32.